The van der Waals surface area contributed by atoms with E-state index in [1.165, 1.54) is 0 Å². The molecule has 0 N–H and O–H groups in total. The number of nitrogens with zero attached hydrogens (tertiary/aromatic N) is 1. The van der Waals surface area contributed by atoms with Gasteiger partial charge in [0.25, 0.3) is 0 Å². The van der Waals surface area contributed by atoms with Gasteiger partial charge in [0.1, 0.15) is 0 Å². The van der Waals surface area contributed by atoms with Crippen molar-refractivity contribution >= 4 is 11.7 Å². The molecule has 1 aliphatic heterocycles. The van der Waals surface area contributed by atoms with E-state index in [2.05, 4.69) is 5.16 Å². The van der Waals surface area contributed by atoms with Crippen LogP contribution in [0.25, 0.3) is 0 Å². The number of oxime groups is 1. The lowest BCUT2D eigenvalue weighted by Crippen LogP contribution is -2.41. The number of rotatable bonds is 5. The molecular weight excluding hydrogens is 213 g/mol. The van der Waals surface area contributed by atoms with E-state index < -0.39 is 18.2 Å². The summed E-state index contributed by atoms with van der Waals surface area (Å²) in [6.45, 7) is 5.25. The molecule has 0 aromatic heterocycles. The fourth-order valence-corrected chi connectivity index (χ4v) is 1.57. The maximum Gasteiger partial charge on any atom is 0.353 e. The van der Waals surface area contributed by atoms with E-state index in [1.807, 2.05) is 13.8 Å². The highest BCUT2D eigenvalue weighted by molar-refractivity contribution is 5.94. The molecule has 92 valence electrons. The monoisotopic (exact) mass is 231 g/mol. The van der Waals surface area contributed by atoms with Crippen LogP contribution in [0.15, 0.2) is 5.16 Å². The lowest BCUT2D eigenvalue weighted by atomic mass is 9.90. The third kappa shape index (κ3) is 2.51. The van der Waals surface area contributed by atoms with E-state index in [4.69, 9.17) is 9.57 Å². The molecular formula is C11H18FNO3. The molecule has 16 heavy (non-hydrogen) atoms. The van der Waals surface area contributed by atoms with Crippen LogP contribution in [-0.4, -0.2) is 30.6 Å². The van der Waals surface area contributed by atoms with E-state index in [-0.39, 0.29) is 18.9 Å². The van der Waals surface area contributed by atoms with Gasteiger partial charge in [0.2, 0.25) is 5.60 Å². The van der Waals surface area contributed by atoms with Crippen molar-refractivity contribution in [3.63, 3.8) is 0 Å². The van der Waals surface area contributed by atoms with Crippen molar-refractivity contribution in [2.24, 2.45) is 11.1 Å². The molecule has 0 bridgehead atoms. The highest BCUT2D eigenvalue weighted by Gasteiger charge is 2.48. The summed E-state index contributed by atoms with van der Waals surface area (Å²) in [6.07, 6.45) is 0.318. The lowest BCUT2D eigenvalue weighted by molar-refractivity contribution is -0.170. The highest BCUT2D eigenvalue weighted by Crippen LogP contribution is 2.31. The van der Waals surface area contributed by atoms with Crippen LogP contribution in [0.4, 0.5) is 4.39 Å². The van der Waals surface area contributed by atoms with Crippen molar-refractivity contribution in [3.8, 4) is 0 Å². The second kappa shape index (κ2) is 5.27. The molecule has 0 aromatic rings. The van der Waals surface area contributed by atoms with Crippen molar-refractivity contribution in [1.29, 1.82) is 0 Å². The van der Waals surface area contributed by atoms with Gasteiger partial charge in [-0.15, -0.1) is 0 Å². The first-order chi connectivity index (χ1) is 7.55. The topological polar surface area (TPSA) is 47.9 Å². The van der Waals surface area contributed by atoms with Crippen LogP contribution in [0.1, 0.15) is 33.6 Å². The van der Waals surface area contributed by atoms with Crippen LogP contribution in [0.2, 0.25) is 0 Å². The van der Waals surface area contributed by atoms with Crippen LogP contribution >= 0.6 is 0 Å². The Bertz CT molecular complexity index is 291. The number of alkyl halides is 1. The SMILES string of the molecule is CCOC(=O)C1(CCF)CC(C(C)C)=NO1. The first-order valence-electron chi connectivity index (χ1n) is 5.54. The number of hydrogen-bond acceptors (Lipinski definition) is 4. The van der Waals surface area contributed by atoms with Gasteiger partial charge < -0.3 is 9.57 Å². The van der Waals surface area contributed by atoms with E-state index in [0.29, 0.717) is 6.42 Å². The second-order valence-electron chi connectivity index (χ2n) is 4.16. The number of carbonyl (C=O) groups is 1. The first-order valence-corrected chi connectivity index (χ1v) is 5.54. The summed E-state index contributed by atoms with van der Waals surface area (Å²) in [4.78, 5) is 16.9. The van der Waals surface area contributed by atoms with Gasteiger partial charge in [-0.3, -0.25) is 4.39 Å². The molecule has 1 heterocycles. The molecule has 0 amide bonds. The third-order valence-electron chi connectivity index (χ3n) is 2.62. The Labute approximate surface area is 94.8 Å². The van der Waals surface area contributed by atoms with Crippen LogP contribution < -0.4 is 0 Å². The maximum absolute atomic E-state index is 12.5. The number of halogens is 1. The second-order valence-corrected chi connectivity index (χ2v) is 4.16. The number of esters is 1. The van der Waals surface area contributed by atoms with Gasteiger partial charge in [0, 0.05) is 12.8 Å². The average molecular weight is 231 g/mol. The lowest BCUT2D eigenvalue weighted by Gasteiger charge is -2.22. The molecule has 0 aliphatic carbocycles. The minimum Gasteiger partial charge on any atom is -0.463 e. The minimum atomic E-state index is -1.23. The summed E-state index contributed by atoms with van der Waals surface area (Å²) in [5, 5.41) is 3.86. The molecule has 5 heteroatoms. The van der Waals surface area contributed by atoms with Crippen LogP contribution in [0.3, 0.4) is 0 Å². The summed E-state index contributed by atoms with van der Waals surface area (Å²) in [6, 6.07) is 0. The fourth-order valence-electron chi connectivity index (χ4n) is 1.57. The van der Waals surface area contributed by atoms with Gasteiger partial charge >= 0.3 is 5.97 Å². The number of carbonyl (C=O) groups excluding carboxylic acids is 1. The Hall–Kier alpha value is -1.13. The quantitative estimate of drug-likeness (QED) is 0.680. The van der Waals surface area contributed by atoms with E-state index in [1.54, 1.807) is 6.92 Å². The highest BCUT2D eigenvalue weighted by atomic mass is 19.1. The zero-order valence-electron chi connectivity index (χ0n) is 9.96. The third-order valence-corrected chi connectivity index (χ3v) is 2.62. The van der Waals surface area contributed by atoms with Crippen molar-refractivity contribution in [1.82, 2.24) is 0 Å². The Kier molecular flexibility index (Phi) is 4.26. The zero-order chi connectivity index (χ0) is 12.2. The van der Waals surface area contributed by atoms with E-state index in [9.17, 15) is 9.18 Å². The molecule has 0 fully saturated rings. The van der Waals surface area contributed by atoms with Gasteiger partial charge in [-0.2, -0.15) is 0 Å². The van der Waals surface area contributed by atoms with E-state index >= 15 is 0 Å². The van der Waals surface area contributed by atoms with Crippen LogP contribution in [0, 0.1) is 5.92 Å². The molecule has 1 unspecified atom stereocenters. The predicted octanol–water partition coefficient (Wildman–Crippen LogP) is 2.08. The summed E-state index contributed by atoms with van der Waals surface area (Å²) < 4.78 is 17.4. The maximum atomic E-state index is 12.5. The summed E-state index contributed by atoms with van der Waals surface area (Å²) in [7, 11) is 0. The summed E-state index contributed by atoms with van der Waals surface area (Å²) >= 11 is 0. The first kappa shape index (κ1) is 12.9. The summed E-state index contributed by atoms with van der Waals surface area (Å²) in [5.74, 6) is -0.331. The molecule has 0 radical (unpaired) electrons. The number of ether oxygens (including phenoxy) is 1. The molecule has 1 rings (SSSR count). The molecule has 4 nitrogen and oxygen atoms in total. The normalized spacial score (nSPS) is 24.2. The van der Waals surface area contributed by atoms with Crippen molar-refractivity contribution in [2.75, 3.05) is 13.3 Å². The largest absolute Gasteiger partial charge is 0.463 e. The molecule has 1 aliphatic rings. The molecule has 0 saturated heterocycles. The summed E-state index contributed by atoms with van der Waals surface area (Å²) in [5.41, 5.74) is -0.453. The van der Waals surface area contributed by atoms with Crippen LogP contribution in [-0.2, 0) is 14.4 Å². The smallest absolute Gasteiger partial charge is 0.353 e. The molecule has 1 atom stereocenters. The molecule has 0 aromatic carbocycles. The molecule has 0 saturated carbocycles. The van der Waals surface area contributed by atoms with Crippen molar-refractivity contribution in [2.45, 2.75) is 39.2 Å². The average Bonchev–Trinajstić information content (AvgIpc) is 2.64. The number of hydrogen-bond donors (Lipinski definition) is 0. The standard InChI is InChI=1S/C11H18FNO3/c1-4-15-10(14)11(5-6-12)7-9(8(2)3)13-16-11/h8H,4-7H2,1-3H3. The Morgan fingerprint density at radius 2 is 2.38 bits per heavy atom. The Morgan fingerprint density at radius 1 is 1.69 bits per heavy atom. The van der Waals surface area contributed by atoms with Gasteiger partial charge in [-0.05, 0) is 12.8 Å². The van der Waals surface area contributed by atoms with Gasteiger partial charge in [-0.1, -0.05) is 19.0 Å². The van der Waals surface area contributed by atoms with Gasteiger partial charge in [0.15, 0.2) is 0 Å². The fraction of sp³-hybridized carbons (Fsp3) is 0.818. The van der Waals surface area contributed by atoms with Gasteiger partial charge in [-0.25, -0.2) is 4.79 Å². The van der Waals surface area contributed by atoms with E-state index in [0.717, 1.165) is 5.71 Å². The minimum absolute atomic E-state index is 0.00838. The van der Waals surface area contributed by atoms with Crippen molar-refractivity contribution < 1.29 is 18.8 Å². The van der Waals surface area contributed by atoms with Crippen molar-refractivity contribution in [3.05, 3.63) is 0 Å². The molecule has 0 spiro atoms. The van der Waals surface area contributed by atoms with Gasteiger partial charge in [0.05, 0.1) is 19.0 Å². The predicted molar refractivity (Wildman–Crippen MR) is 57.9 cm³/mol. The van der Waals surface area contributed by atoms with Crippen LogP contribution in [0.5, 0.6) is 0 Å². The Morgan fingerprint density at radius 3 is 2.81 bits per heavy atom. The zero-order valence-corrected chi connectivity index (χ0v) is 9.96. The Balaban J connectivity index is 2.75.